The topological polar surface area (TPSA) is 51.5 Å². The van der Waals surface area contributed by atoms with Crippen LogP contribution in [0.5, 0.6) is 0 Å². The van der Waals surface area contributed by atoms with E-state index in [1.165, 1.54) is 5.69 Å². The van der Waals surface area contributed by atoms with Crippen LogP contribution in [0.1, 0.15) is 12.5 Å². The number of esters is 1. The summed E-state index contributed by atoms with van der Waals surface area (Å²) in [5, 5.41) is 3.08. The number of anilines is 1. The fourth-order valence-electron chi connectivity index (χ4n) is 1.86. The molecule has 0 spiro atoms. The number of rotatable bonds is 5. The van der Waals surface area contributed by atoms with Crippen molar-refractivity contribution in [2.45, 2.75) is 19.0 Å². The van der Waals surface area contributed by atoms with E-state index >= 15 is 0 Å². The van der Waals surface area contributed by atoms with E-state index in [0.717, 1.165) is 5.56 Å². The zero-order valence-electron chi connectivity index (χ0n) is 11.6. The molecule has 1 saturated heterocycles. The van der Waals surface area contributed by atoms with Gasteiger partial charge < -0.3 is 9.64 Å². The van der Waals surface area contributed by atoms with Crippen molar-refractivity contribution >= 4 is 17.7 Å². The zero-order valence-corrected chi connectivity index (χ0v) is 11.6. The van der Waals surface area contributed by atoms with Crippen LogP contribution >= 0.6 is 0 Å². The first-order valence-corrected chi connectivity index (χ1v) is 6.50. The van der Waals surface area contributed by atoms with Gasteiger partial charge in [-0.25, -0.2) is 0 Å². The molecule has 1 aliphatic heterocycles. The van der Waals surface area contributed by atoms with Crippen LogP contribution in [0.4, 0.5) is 5.69 Å². The molecular formula is C15H20N2O2. The molecule has 102 valence electrons. The highest BCUT2D eigenvalue weighted by molar-refractivity contribution is 5.81. The molecule has 0 saturated carbocycles. The molecule has 0 radical (unpaired) electrons. The number of nitrogens with zero attached hydrogens (tertiary/aromatic N) is 1. The van der Waals surface area contributed by atoms with Crippen LogP contribution in [0.15, 0.2) is 30.3 Å². The number of nitrogens with one attached hydrogen (secondary N) is 1. The van der Waals surface area contributed by atoms with E-state index in [9.17, 15) is 4.79 Å². The van der Waals surface area contributed by atoms with E-state index in [0.29, 0.717) is 6.61 Å². The van der Waals surface area contributed by atoms with Crippen molar-refractivity contribution in [3.05, 3.63) is 35.9 Å². The molecule has 1 heterocycles. The lowest BCUT2D eigenvalue weighted by atomic mass is 10.1. The lowest BCUT2D eigenvalue weighted by molar-refractivity contribution is -0.142. The third-order valence-electron chi connectivity index (χ3n) is 3.07. The van der Waals surface area contributed by atoms with Crippen molar-refractivity contribution in [2.24, 2.45) is 0 Å². The molecule has 4 nitrogen and oxygen atoms in total. The van der Waals surface area contributed by atoms with Gasteiger partial charge in [-0.15, -0.1) is 0 Å². The molecule has 1 aromatic rings. The maximum atomic E-state index is 11.4. The molecule has 1 aromatic carbocycles. The maximum Gasteiger partial charge on any atom is 0.325 e. The number of benzene rings is 1. The van der Waals surface area contributed by atoms with Gasteiger partial charge in [-0.2, -0.15) is 0 Å². The Morgan fingerprint density at radius 2 is 2.05 bits per heavy atom. The van der Waals surface area contributed by atoms with E-state index in [4.69, 9.17) is 4.74 Å². The third kappa shape index (κ3) is 3.58. The van der Waals surface area contributed by atoms with E-state index in [1.54, 1.807) is 0 Å². The van der Waals surface area contributed by atoms with E-state index in [2.05, 4.69) is 34.5 Å². The van der Waals surface area contributed by atoms with Crippen molar-refractivity contribution < 1.29 is 9.53 Å². The lowest BCUT2D eigenvalue weighted by Gasteiger charge is -2.11. The Labute approximate surface area is 114 Å². The summed E-state index contributed by atoms with van der Waals surface area (Å²) in [6.07, 6.45) is 4.03. The van der Waals surface area contributed by atoms with Crippen molar-refractivity contribution in [3.8, 4) is 0 Å². The Hall–Kier alpha value is -1.81. The molecule has 2 atom stereocenters. The molecule has 19 heavy (non-hydrogen) atoms. The number of carbonyl (C=O) groups is 1. The van der Waals surface area contributed by atoms with Crippen LogP contribution < -0.4 is 10.2 Å². The maximum absolute atomic E-state index is 11.4. The van der Waals surface area contributed by atoms with Crippen LogP contribution in [0.3, 0.4) is 0 Å². The van der Waals surface area contributed by atoms with Crippen molar-refractivity contribution in [2.75, 3.05) is 25.6 Å². The molecule has 0 bridgehead atoms. The fourth-order valence-corrected chi connectivity index (χ4v) is 1.86. The summed E-state index contributed by atoms with van der Waals surface area (Å²) >= 11 is 0. The monoisotopic (exact) mass is 260 g/mol. The first-order valence-electron chi connectivity index (χ1n) is 6.50. The number of hydrogen-bond acceptors (Lipinski definition) is 4. The highest BCUT2D eigenvalue weighted by atomic mass is 16.5. The minimum absolute atomic E-state index is 0.104. The molecular weight excluding hydrogens is 240 g/mol. The molecule has 1 fully saturated rings. The van der Waals surface area contributed by atoms with E-state index in [1.807, 2.05) is 33.2 Å². The van der Waals surface area contributed by atoms with E-state index in [-0.39, 0.29) is 18.1 Å². The van der Waals surface area contributed by atoms with Gasteiger partial charge >= 0.3 is 5.97 Å². The SMILES string of the molecule is CCOC(=O)C1NC1/C=C/c1ccc(N(C)C)cc1. The predicted octanol–water partition coefficient (Wildman–Crippen LogP) is 1.67. The average molecular weight is 260 g/mol. The molecule has 0 amide bonds. The van der Waals surface area contributed by atoms with Gasteiger partial charge in [0.25, 0.3) is 0 Å². The summed E-state index contributed by atoms with van der Waals surface area (Å²) in [4.78, 5) is 13.5. The highest BCUT2D eigenvalue weighted by Crippen LogP contribution is 2.17. The smallest absolute Gasteiger partial charge is 0.325 e. The van der Waals surface area contributed by atoms with Gasteiger partial charge in [-0.1, -0.05) is 24.3 Å². The molecule has 1 N–H and O–H groups in total. The Morgan fingerprint density at radius 3 is 2.63 bits per heavy atom. The molecule has 0 aromatic heterocycles. The van der Waals surface area contributed by atoms with Crippen LogP contribution in [-0.4, -0.2) is 38.8 Å². The van der Waals surface area contributed by atoms with Gasteiger partial charge in [0.05, 0.1) is 12.6 Å². The molecule has 0 aliphatic carbocycles. The number of ether oxygens (including phenoxy) is 1. The summed E-state index contributed by atoms with van der Waals surface area (Å²) in [5.41, 5.74) is 2.30. The minimum Gasteiger partial charge on any atom is -0.465 e. The van der Waals surface area contributed by atoms with Gasteiger partial charge in [0.15, 0.2) is 0 Å². The van der Waals surface area contributed by atoms with Gasteiger partial charge in [0.2, 0.25) is 0 Å². The van der Waals surface area contributed by atoms with Gasteiger partial charge in [-0.3, -0.25) is 10.1 Å². The van der Waals surface area contributed by atoms with Gasteiger partial charge in [0, 0.05) is 19.8 Å². The van der Waals surface area contributed by atoms with Gasteiger partial charge in [-0.05, 0) is 24.6 Å². The first-order chi connectivity index (χ1) is 9.11. The summed E-state index contributed by atoms with van der Waals surface area (Å²) < 4.78 is 4.95. The Kier molecular flexibility index (Phi) is 4.22. The summed E-state index contributed by atoms with van der Waals surface area (Å²) in [5.74, 6) is -0.167. The first kappa shape index (κ1) is 13.6. The van der Waals surface area contributed by atoms with Crippen LogP contribution in [0.2, 0.25) is 0 Å². The largest absolute Gasteiger partial charge is 0.465 e. The highest BCUT2D eigenvalue weighted by Gasteiger charge is 2.41. The van der Waals surface area contributed by atoms with Gasteiger partial charge in [0.1, 0.15) is 6.04 Å². The van der Waals surface area contributed by atoms with Crippen LogP contribution in [-0.2, 0) is 9.53 Å². The Bertz CT molecular complexity index is 466. The quantitative estimate of drug-likeness (QED) is 0.646. The molecule has 4 heteroatoms. The molecule has 1 aliphatic rings. The van der Waals surface area contributed by atoms with Crippen molar-refractivity contribution in [3.63, 3.8) is 0 Å². The second kappa shape index (κ2) is 5.89. The molecule has 2 unspecified atom stereocenters. The standard InChI is InChI=1S/C15H20N2O2/c1-4-19-15(18)14-13(16-14)10-7-11-5-8-12(9-6-11)17(2)3/h5-10,13-14,16H,4H2,1-3H3/b10-7+. The van der Waals surface area contributed by atoms with Crippen LogP contribution in [0.25, 0.3) is 6.08 Å². The van der Waals surface area contributed by atoms with Crippen LogP contribution in [0, 0.1) is 0 Å². The minimum atomic E-state index is -0.169. The third-order valence-corrected chi connectivity index (χ3v) is 3.07. The molecule has 2 rings (SSSR count). The fraction of sp³-hybridized carbons (Fsp3) is 0.400. The van der Waals surface area contributed by atoms with Crippen molar-refractivity contribution in [1.29, 1.82) is 0 Å². The second-order valence-electron chi connectivity index (χ2n) is 4.77. The number of carbonyl (C=O) groups excluding carboxylic acids is 1. The van der Waals surface area contributed by atoms with E-state index < -0.39 is 0 Å². The lowest BCUT2D eigenvalue weighted by Crippen LogP contribution is -2.14. The zero-order chi connectivity index (χ0) is 13.8. The summed E-state index contributed by atoms with van der Waals surface area (Å²) in [6.45, 7) is 2.25. The second-order valence-corrected chi connectivity index (χ2v) is 4.77. The van der Waals surface area contributed by atoms with Crippen molar-refractivity contribution in [1.82, 2.24) is 5.32 Å². The summed E-state index contributed by atoms with van der Waals surface area (Å²) in [7, 11) is 4.03. The average Bonchev–Trinajstić information content (AvgIpc) is 3.17. The predicted molar refractivity (Wildman–Crippen MR) is 77.1 cm³/mol. The normalized spacial score (nSPS) is 21.4. The Balaban J connectivity index is 1.88. The number of hydrogen-bond donors (Lipinski definition) is 1. The summed E-state index contributed by atoms with van der Waals surface area (Å²) in [6, 6.07) is 8.21. The Morgan fingerprint density at radius 1 is 1.37 bits per heavy atom.